The lowest BCUT2D eigenvalue weighted by atomic mass is 10.2. The van der Waals surface area contributed by atoms with E-state index in [9.17, 15) is 4.79 Å². The Kier molecular flexibility index (Phi) is 5.84. The van der Waals surface area contributed by atoms with Crippen molar-refractivity contribution in [1.29, 1.82) is 0 Å². The van der Waals surface area contributed by atoms with Crippen LogP contribution in [0, 0.1) is 0 Å². The molecule has 0 atom stereocenters. The molecule has 0 bridgehead atoms. The van der Waals surface area contributed by atoms with Crippen LogP contribution in [-0.4, -0.2) is 12.2 Å². The molecule has 1 aromatic rings. The Labute approximate surface area is 107 Å². The lowest BCUT2D eigenvalue weighted by Crippen LogP contribution is -1.91. The molecule has 0 N–H and O–H groups in total. The van der Waals surface area contributed by atoms with E-state index in [0.29, 0.717) is 6.42 Å². The first-order valence-corrected chi connectivity index (χ1v) is 6.52. The lowest BCUT2D eigenvalue weighted by molar-refractivity contribution is -0.110. The van der Waals surface area contributed by atoms with Crippen LogP contribution < -0.4 is 4.74 Å². The second-order valence-corrected chi connectivity index (χ2v) is 5.03. The summed E-state index contributed by atoms with van der Waals surface area (Å²) in [4.78, 5) is 11.5. The summed E-state index contributed by atoms with van der Waals surface area (Å²) >= 11 is 1.36. The summed E-state index contributed by atoms with van der Waals surface area (Å²) in [6.07, 6.45) is 2.48. The second-order valence-electron chi connectivity index (χ2n) is 3.99. The Morgan fingerprint density at radius 2 is 1.94 bits per heavy atom. The molecule has 0 fully saturated rings. The minimum absolute atomic E-state index is 0.210. The van der Waals surface area contributed by atoms with E-state index < -0.39 is 0 Å². The van der Waals surface area contributed by atoms with Crippen LogP contribution in [0.5, 0.6) is 5.75 Å². The van der Waals surface area contributed by atoms with Gasteiger partial charge in [0.1, 0.15) is 5.75 Å². The van der Waals surface area contributed by atoms with Gasteiger partial charge in [0.2, 0.25) is 0 Å². The first-order chi connectivity index (χ1) is 8.11. The molecule has 0 aliphatic heterocycles. The Bertz CT molecular complexity index is 389. The van der Waals surface area contributed by atoms with Gasteiger partial charge in [0.05, 0.1) is 7.11 Å². The van der Waals surface area contributed by atoms with E-state index in [4.69, 9.17) is 4.74 Å². The van der Waals surface area contributed by atoms with Crippen molar-refractivity contribution in [3.63, 3.8) is 0 Å². The van der Waals surface area contributed by atoms with Crippen LogP contribution in [0.4, 0.5) is 0 Å². The molecule has 3 heteroatoms. The molecule has 0 spiro atoms. The summed E-state index contributed by atoms with van der Waals surface area (Å²) < 4.78 is 5.08. The molecule has 2 nitrogen and oxygen atoms in total. The van der Waals surface area contributed by atoms with E-state index in [2.05, 4.69) is 0 Å². The van der Waals surface area contributed by atoms with Crippen molar-refractivity contribution < 1.29 is 9.53 Å². The van der Waals surface area contributed by atoms with E-state index >= 15 is 0 Å². The van der Waals surface area contributed by atoms with Gasteiger partial charge in [-0.15, -0.1) is 0 Å². The molecule has 0 saturated heterocycles. The van der Waals surface area contributed by atoms with Gasteiger partial charge in [-0.1, -0.05) is 35.5 Å². The third kappa shape index (κ3) is 5.59. The molecule has 0 heterocycles. The van der Waals surface area contributed by atoms with Crippen molar-refractivity contribution in [3.05, 3.63) is 41.5 Å². The average molecular weight is 250 g/mol. The number of carbonyl (C=O) groups excluding carboxylic acids is 1. The highest BCUT2D eigenvalue weighted by Crippen LogP contribution is 2.18. The minimum Gasteiger partial charge on any atom is -0.497 e. The number of hydrogen-bond acceptors (Lipinski definition) is 3. The third-order valence-corrected chi connectivity index (χ3v) is 3.20. The molecule has 0 amide bonds. The minimum atomic E-state index is 0.210. The molecule has 17 heavy (non-hydrogen) atoms. The largest absolute Gasteiger partial charge is 0.497 e. The lowest BCUT2D eigenvalue weighted by Gasteiger charge is -2.02. The monoisotopic (exact) mass is 250 g/mol. The zero-order chi connectivity index (χ0) is 12.7. The predicted molar refractivity (Wildman–Crippen MR) is 73.3 cm³/mol. The van der Waals surface area contributed by atoms with Crippen molar-refractivity contribution in [2.24, 2.45) is 0 Å². The van der Waals surface area contributed by atoms with Crippen molar-refractivity contribution in [1.82, 2.24) is 0 Å². The van der Waals surface area contributed by atoms with Gasteiger partial charge in [0.15, 0.2) is 5.12 Å². The van der Waals surface area contributed by atoms with Gasteiger partial charge in [-0.05, 0) is 31.5 Å². The Morgan fingerprint density at radius 3 is 2.47 bits per heavy atom. The molecule has 0 aliphatic rings. The van der Waals surface area contributed by atoms with Crippen molar-refractivity contribution in [3.8, 4) is 5.75 Å². The van der Waals surface area contributed by atoms with Gasteiger partial charge < -0.3 is 4.74 Å². The number of carbonyl (C=O) groups is 1. The maximum atomic E-state index is 11.5. The van der Waals surface area contributed by atoms with Gasteiger partial charge in [-0.25, -0.2) is 0 Å². The van der Waals surface area contributed by atoms with E-state index in [1.807, 2.05) is 44.2 Å². The third-order valence-electron chi connectivity index (χ3n) is 2.24. The number of allylic oxidation sites excluding steroid dienone is 2. The van der Waals surface area contributed by atoms with Gasteiger partial charge in [-0.2, -0.15) is 0 Å². The molecule has 0 radical (unpaired) electrons. The van der Waals surface area contributed by atoms with Crippen molar-refractivity contribution in [2.75, 3.05) is 7.11 Å². The van der Waals surface area contributed by atoms with Crippen LogP contribution in [0.1, 0.15) is 25.8 Å². The SMILES string of the molecule is COc1ccc(CSC(=O)CC=C(C)C)cc1. The molecule has 92 valence electrons. The quantitative estimate of drug-likeness (QED) is 0.743. The van der Waals surface area contributed by atoms with Crippen LogP contribution in [-0.2, 0) is 10.5 Å². The van der Waals surface area contributed by atoms with Crippen LogP contribution >= 0.6 is 11.8 Å². The summed E-state index contributed by atoms with van der Waals surface area (Å²) in [6.45, 7) is 4.00. The van der Waals surface area contributed by atoms with Crippen molar-refractivity contribution >= 4 is 16.9 Å². The highest BCUT2D eigenvalue weighted by Gasteiger charge is 2.02. The van der Waals surface area contributed by atoms with Crippen LogP contribution in [0.25, 0.3) is 0 Å². The van der Waals surface area contributed by atoms with Crippen molar-refractivity contribution in [2.45, 2.75) is 26.0 Å². The standard InChI is InChI=1S/C14H18O2S/c1-11(2)4-9-14(15)17-10-12-5-7-13(16-3)8-6-12/h4-8H,9-10H2,1-3H3. The Balaban J connectivity index is 2.39. The molecular formula is C14H18O2S. The molecular weight excluding hydrogens is 232 g/mol. The fraction of sp³-hybridized carbons (Fsp3) is 0.357. The van der Waals surface area contributed by atoms with Gasteiger partial charge in [0, 0.05) is 12.2 Å². The highest BCUT2D eigenvalue weighted by molar-refractivity contribution is 8.12. The zero-order valence-electron chi connectivity index (χ0n) is 10.5. The highest BCUT2D eigenvalue weighted by atomic mass is 32.2. The Hall–Kier alpha value is -1.22. The van der Waals surface area contributed by atoms with E-state index in [1.165, 1.54) is 17.3 Å². The number of ether oxygens (including phenoxy) is 1. The van der Waals surface area contributed by atoms with Crippen LogP contribution in [0.2, 0.25) is 0 Å². The zero-order valence-corrected chi connectivity index (χ0v) is 11.3. The number of thioether (sulfide) groups is 1. The normalized spacial score (nSPS) is 9.82. The molecule has 1 aromatic carbocycles. The average Bonchev–Trinajstić information content (AvgIpc) is 2.34. The number of benzene rings is 1. The maximum absolute atomic E-state index is 11.5. The van der Waals surface area contributed by atoms with Gasteiger partial charge in [-0.3, -0.25) is 4.79 Å². The van der Waals surface area contributed by atoms with Crippen LogP contribution in [0.15, 0.2) is 35.9 Å². The first-order valence-electron chi connectivity index (χ1n) is 5.53. The summed E-state index contributed by atoms with van der Waals surface area (Å²) in [7, 11) is 1.65. The van der Waals surface area contributed by atoms with E-state index in [-0.39, 0.29) is 5.12 Å². The number of hydrogen-bond donors (Lipinski definition) is 0. The van der Waals surface area contributed by atoms with Gasteiger partial charge in [0.25, 0.3) is 0 Å². The smallest absolute Gasteiger partial charge is 0.193 e. The molecule has 1 rings (SSSR count). The molecule has 0 aromatic heterocycles. The van der Waals surface area contributed by atoms with E-state index in [1.54, 1.807) is 7.11 Å². The van der Waals surface area contributed by atoms with E-state index in [0.717, 1.165) is 17.1 Å². The van der Waals surface area contributed by atoms with Gasteiger partial charge >= 0.3 is 0 Å². The first kappa shape index (κ1) is 13.8. The maximum Gasteiger partial charge on any atom is 0.193 e. The number of rotatable bonds is 5. The Morgan fingerprint density at radius 1 is 1.29 bits per heavy atom. The number of methoxy groups -OCH3 is 1. The fourth-order valence-electron chi connectivity index (χ4n) is 1.23. The van der Waals surface area contributed by atoms with Crippen LogP contribution in [0.3, 0.4) is 0 Å². The summed E-state index contributed by atoms with van der Waals surface area (Å²) in [6, 6.07) is 7.80. The topological polar surface area (TPSA) is 26.3 Å². The molecule has 0 aliphatic carbocycles. The molecule has 0 saturated carbocycles. The predicted octanol–water partition coefficient (Wildman–Crippen LogP) is 3.81. The second kappa shape index (κ2) is 7.17. The fourth-order valence-corrected chi connectivity index (χ4v) is 1.95. The molecule has 0 unspecified atom stereocenters. The summed E-state index contributed by atoms with van der Waals surface area (Å²) in [5.41, 5.74) is 2.32. The summed E-state index contributed by atoms with van der Waals surface area (Å²) in [5.74, 6) is 1.56. The summed E-state index contributed by atoms with van der Waals surface area (Å²) in [5, 5.41) is 0.210.